The van der Waals surface area contributed by atoms with E-state index in [4.69, 9.17) is 9.84 Å². The highest BCUT2D eigenvalue weighted by Crippen LogP contribution is 2.21. The molecule has 2 rings (SSSR count). The summed E-state index contributed by atoms with van der Waals surface area (Å²) >= 11 is 0. The van der Waals surface area contributed by atoms with Gasteiger partial charge in [0.25, 0.3) is 0 Å². The van der Waals surface area contributed by atoms with Crippen LogP contribution in [0.1, 0.15) is 5.56 Å². The van der Waals surface area contributed by atoms with Crippen molar-refractivity contribution in [2.24, 2.45) is 0 Å². The van der Waals surface area contributed by atoms with Gasteiger partial charge in [-0.05, 0) is 35.1 Å². The van der Waals surface area contributed by atoms with Crippen LogP contribution < -0.4 is 10.0 Å². The van der Waals surface area contributed by atoms with Crippen molar-refractivity contribution in [2.45, 2.75) is 6.61 Å². The van der Waals surface area contributed by atoms with Crippen molar-refractivity contribution in [3.05, 3.63) is 54.1 Å². The van der Waals surface area contributed by atoms with Crippen LogP contribution >= 0.6 is 9.24 Å². The number of benzene rings is 2. The van der Waals surface area contributed by atoms with Crippen molar-refractivity contribution in [1.29, 1.82) is 0 Å². The Kier molecular flexibility index (Phi) is 3.55. The second kappa shape index (κ2) is 5.11. The van der Waals surface area contributed by atoms with Gasteiger partial charge in [0.15, 0.2) is 0 Å². The van der Waals surface area contributed by atoms with Crippen molar-refractivity contribution in [2.75, 3.05) is 0 Å². The van der Waals surface area contributed by atoms with E-state index >= 15 is 0 Å². The van der Waals surface area contributed by atoms with Crippen LogP contribution in [0.25, 0.3) is 0 Å². The highest BCUT2D eigenvalue weighted by Gasteiger charge is 1.97. The molecule has 0 radical (unpaired) electrons. The Morgan fingerprint density at radius 2 is 1.75 bits per heavy atom. The van der Waals surface area contributed by atoms with Crippen LogP contribution in [0.15, 0.2) is 48.5 Å². The zero-order chi connectivity index (χ0) is 11.4. The molecular formula is C13H13O2P. The lowest BCUT2D eigenvalue weighted by Crippen LogP contribution is -1.91. The molecule has 0 aliphatic carbocycles. The van der Waals surface area contributed by atoms with Gasteiger partial charge in [0.05, 0.1) is 6.61 Å². The highest BCUT2D eigenvalue weighted by atomic mass is 31.0. The Morgan fingerprint density at radius 1 is 1.00 bits per heavy atom. The summed E-state index contributed by atoms with van der Waals surface area (Å²) in [7, 11) is 2.63. The number of rotatable bonds is 3. The van der Waals surface area contributed by atoms with Gasteiger partial charge in [-0.3, -0.25) is 0 Å². The molecule has 0 saturated heterocycles. The number of aliphatic hydroxyl groups is 1. The SMILES string of the molecule is OCc1ccc(Oc2cccc(P)c2)cc1. The minimum atomic E-state index is 0.0569. The molecule has 0 amide bonds. The van der Waals surface area contributed by atoms with Crippen LogP contribution in [0.3, 0.4) is 0 Å². The zero-order valence-electron chi connectivity index (χ0n) is 8.76. The number of ether oxygens (including phenoxy) is 1. The van der Waals surface area contributed by atoms with Crippen LogP contribution in [-0.4, -0.2) is 5.11 Å². The van der Waals surface area contributed by atoms with E-state index in [2.05, 4.69) is 9.24 Å². The fourth-order valence-electron chi connectivity index (χ4n) is 1.38. The summed E-state index contributed by atoms with van der Waals surface area (Å²) in [5.74, 6) is 1.58. The van der Waals surface area contributed by atoms with Gasteiger partial charge in [0, 0.05) is 0 Å². The van der Waals surface area contributed by atoms with Crippen LogP contribution in [0.4, 0.5) is 0 Å². The van der Waals surface area contributed by atoms with Crippen LogP contribution in [0.2, 0.25) is 0 Å². The fourth-order valence-corrected chi connectivity index (χ4v) is 1.65. The maximum absolute atomic E-state index is 8.91. The van der Waals surface area contributed by atoms with E-state index in [0.29, 0.717) is 0 Å². The summed E-state index contributed by atoms with van der Waals surface area (Å²) in [6.45, 7) is 0.0569. The van der Waals surface area contributed by atoms with Crippen molar-refractivity contribution >= 4 is 14.5 Å². The van der Waals surface area contributed by atoms with Gasteiger partial charge in [-0.25, -0.2) is 0 Å². The first-order valence-corrected chi connectivity index (χ1v) is 5.59. The van der Waals surface area contributed by atoms with Crippen molar-refractivity contribution < 1.29 is 9.84 Å². The Bertz CT molecular complexity index is 466. The average molecular weight is 232 g/mol. The monoisotopic (exact) mass is 232 g/mol. The van der Waals surface area contributed by atoms with Crippen LogP contribution in [0.5, 0.6) is 11.5 Å². The summed E-state index contributed by atoms with van der Waals surface area (Å²) in [6, 6.07) is 15.2. The van der Waals surface area contributed by atoms with E-state index in [-0.39, 0.29) is 6.61 Å². The molecule has 82 valence electrons. The first kappa shape index (κ1) is 11.1. The summed E-state index contributed by atoms with van der Waals surface area (Å²) in [4.78, 5) is 0. The number of hydrogen-bond acceptors (Lipinski definition) is 2. The van der Waals surface area contributed by atoms with E-state index in [1.165, 1.54) is 0 Å². The molecule has 16 heavy (non-hydrogen) atoms. The molecule has 0 heterocycles. The molecular weight excluding hydrogens is 219 g/mol. The molecule has 0 saturated carbocycles. The maximum Gasteiger partial charge on any atom is 0.128 e. The summed E-state index contributed by atoms with van der Waals surface area (Å²) in [5.41, 5.74) is 0.882. The molecule has 1 unspecified atom stereocenters. The van der Waals surface area contributed by atoms with Gasteiger partial charge in [-0.15, -0.1) is 9.24 Å². The topological polar surface area (TPSA) is 29.5 Å². The second-order valence-electron chi connectivity index (χ2n) is 3.48. The second-order valence-corrected chi connectivity index (χ2v) is 4.14. The van der Waals surface area contributed by atoms with E-state index in [0.717, 1.165) is 22.4 Å². The predicted octanol–water partition coefficient (Wildman–Crippen LogP) is 2.47. The van der Waals surface area contributed by atoms with E-state index in [9.17, 15) is 0 Å². The Labute approximate surface area is 97.1 Å². The van der Waals surface area contributed by atoms with Gasteiger partial charge in [0.2, 0.25) is 0 Å². The molecule has 3 heteroatoms. The van der Waals surface area contributed by atoms with Crippen LogP contribution in [0, 0.1) is 0 Å². The Morgan fingerprint density at radius 3 is 2.38 bits per heavy atom. The maximum atomic E-state index is 8.91. The van der Waals surface area contributed by atoms with Crippen LogP contribution in [-0.2, 0) is 6.61 Å². The third-order valence-corrected chi connectivity index (χ3v) is 2.56. The predicted molar refractivity (Wildman–Crippen MR) is 68.2 cm³/mol. The largest absolute Gasteiger partial charge is 0.457 e. The first-order valence-electron chi connectivity index (χ1n) is 5.01. The molecule has 1 N–H and O–H groups in total. The minimum Gasteiger partial charge on any atom is -0.457 e. The lowest BCUT2D eigenvalue weighted by Gasteiger charge is -2.06. The lowest BCUT2D eigenvalue weighted by molar-refractivity contribution is 0.281. The fraction of sp³-hybridized carbons (Fsp3) is 0.0769. The third-order valence-electron chi connectivity index (χ3n) is 2.20. The highest BCUT2D eigenvalue weighted by molar-refractivity contribution is 7.27. The van der Waals surface area contributed by atoms with E-state index < -0.39 is 0 Å². The van der Waals surface area contributed by atoms with Crippen molar-refractivity contribution in [3.63, 3.8) is 0 Å². The number of hydrogen-bond donors (Lipinski definition) is 1. The molecule has 0 fully saturated rings. The minimum absolute atomic E-state index is 0.0569. The van der Waals surface area contributed by atoms with E-state index in [1.807, 2.05) is 48.5 Å². The molecule has 2 aromatic carbocycles. The van der Waals surface area contributed by atoms with Gasteiger partial charge in [0.1, 0.15) is 11.5 Å². The van der Waals surface area contributed by atoms with Gasteiger partial charge < -0.3 is 9.84 Å². The molecule has 2 aromatic rings. The van der Waals surface area contributed by atoms with Crippen molar-refractivity contribution in [1.82, 2.24) is 0 Å². The van der Waals surface area contributed by atoms with Gasteiger partial charge in [-0.1, -0.05) is 24.3 Å². The van der Waals surface area contributed by atoms with E-state index in [1.54, 1.807) is 0 Å². The summed E-state index contributed by atoms with van der Waals surface area (Å²) in [6.07, 6.45) is 0. The third kappa shape index (κ3) is 2.82. The Hall–Kier alpha value is -1.37. The summed E-state index contributed by atoms with van der Waals surface area (Å²) < 4.78 is 5.66. The quantitative estimate of drug-likeness (QED) is 0.824. The van der Waals surface area contributed by atoms with Gasteiger partial charge in [-0.2, -0.15) is 0 Å². The molecule has 0 aromatic heterocycles. The molecule has 0 bridgehead atoms. The molecule has 0 spiro atoms. The molecule has 1 atom stereocenters. The molecule has 0 aliphatic rings. The summed E-state index contributed by atoms with van der Waals surface area (Å²) in [5, 5.41) is 10.00. The lowest BCUT2D eigenvalue weighted by atomic mass is 10.2. The normalized spacial score (nSPS) is 10.1. The average Bonchev–Trinajstić information content (AvgIpc) is 2.30. The molecule has 0 aliphatic heterocycles. The first-order chi connectivity index (χ1) is 7.78. The molecule has 2 nitrogen and oxygen atoms in total. The zero-order valence-corrected chi connectivity index (χ0v) is 9.91. The van der Waals surface area contributed by atoms with Crippen molar-refractivity contribution in [3.8, 4) is 11.5 Å². The number of aliphatic hydroxyl groups excluding tert-OH is 1. The standard InChI is InChI=1S/C13H13O2P/c14-9-10-4-6-11(7-5-10)15-12-2-1-3-13(16)8-12/h1-8,14H,9,16H2. The smallest absolute Gasteiger partial charge is 0.128 e. The van der Waals surface area contributed by atoms with Gasteiger partial charge >= 0.3 is 0 Å². The Balaban J connectivity index is 2.14.